The van der Waals surface area contributed by atoms with Crippen LogP contribution in [0, 0.1) is 0 Å². The molecule has 9 aromatic carbocycles. The molecule has 0 heterocycles. The van der Waals surface area contributed by atoms with Crippen molar-refractivity contribution in [3.05, 3.63) is 200 Å². The number of ether oxygens (including phenoxy) is 6. The Bertz CT molecular complexity index is 2730. The van der Waals surface area contributed by atoms with Crippen LogP contribution in [0.3, 0.4) is 0 Å². The van der Waals surface area contributed by atoms with Crippen molar-refractivity contribution in [1.82, 2.24) is 0 Å². The average Bonchev–Trinajstić information content (AvgIpc) is 3.43. The minimum atomic E-state index is -3.48. The molecule has 0 spiro atoms. The van der Waals surface area contributed by atoms with E-state index in [0.29, 0.717) is 0 Å². The van der Waals surface area contributed by atoms with Gasteiger partial charge in [-0.1, -0.05) is 0 Å². The van der Waals surface area contributed by atoms with Gasteiger partial charge in [0.25, 0.3) is 0 Å². The Balaban J connectivity index is 1.37. The number of hydrogen-bond acceptors (Lipinski definition) is 9. The molecule has 0 aromatic heterocycles. The number of para-hydroxylation sites is 6. The second-order valence-corrected chi connectivity index (χ2v) is 41.3. The monoisotopic (exact) mass is 1170 g/mol. The minimum absolute atomic E-state index is 0.799. The van der Waals surface area contributed by atoms with Gasteiger partial charge in [0.1, 0.15) is 0 Å². The molecule has 9 aromatic rings. The maximum absolute atomic E-state index is 6.11. The summed E-state index contributed by atoms with van der Waals surface area (Å²) in [6, 6.07) is 69.6. The Morgan fingerprint density at radius 3 is 0.543 bits per heavy atom. The van der Waals surface area contributed by atoms with Crippen LogP contribution in [0.5, 0.6) is 34.5 Å². The van der Waals surface area contributed by atoms with Crippen LogP contribution < -0.4 is 28.4 Å². The van der Waals surface area contributed by atoms with Gasteiger partial charge in [0.15, 0.2) is 0 Å². The second-order valence-electron chi connectivity index (χ2n) is 15.7. The summed E-state index contributed by atoms with van der Waals surface area (Å²) in [6.07, 6.45) is 0. The van der Waals surface area contributed by atoms with Gasteiger partial charge in [0, 0.05) is 0 Å². The zero-order valence-corrected chi connectivity index (χ0v) is 45.6. The Morgan fingerprint density at radius 1 is 0.214 bits per heavy atom. The zero-order valence-electron chi connectivity index (χ0n) is 39.7. The molecule has 10 heteroatoms. The van der Waals surface area contributed by atoms with E-state index < -0.39 is 17.4 Å². The van der Waals surface area contributed by atoms with E-state index in [9.17, 15) is 0 Å². The van der Waals surface area contributed by atoms with Gasteiger partial charge in [-0.3, -0.25) is 0 Å². The zero-order chi connectivity index (χ0) is 48.4. The number of benzene rings is 9. The summed E-state index contributed by atoms with van der Waals surface area (Å²) >= 11 is -3.48. The third kappa shape index (κ3) is 10.1. The number of rotatable bonds is 18. The number of methoxy groups -OCH3 is 6. The van der Waals surface area contributed by atoms with Crippen molar-refractivity contribution in [3.63, 3.8) is 0 Å². The van der Waals surface area contributed by atoms with Crippen LogP contribution in [0.2, 0.25) is 0 Å². The van der Waals surface area contributed by atoms with E-state index in [2.05, 4.69) is 127 Å². The van der Waals surface area contributed by atoms with Crippen molar-refractivity contribution in [2.45, 2.75) is 14.7 Å². The summed E-state index contributed by atoms with van der Waals surface area (Å²) in [4.78, 5) is 3.45. The molecule has 0 unspecified atom stereocenters. The fourth-order valence-corrected chi connectivity index (χ4v) is 39.0. The Labute approximate surface area is 426 Å². The van der Waals surface area contributed by atoms with Gasteiger partial charge in [0.05, 0.1) is 0 Å². The maximum atomic E-state index is 6.11. The molecule has 0 aliphatic heterocycles. The normalized spacial score (nSPS) is 11.0. The van der Waals surface area contributed by atoms with Gasteiger partial charge in [-0.05, 0) is 0 Å². The molecule has 9 rings (SSSR count). The predicted molar refractivity (Wildman–Crippen MR) is 295 cm³/mol. The molecule has 0 saturated carbocycles. The van der Waals surface area contributed by atoms with Crippen LogP contribution in [0.15, 0.2) is 215 Å². The summed E-state index contributed by atoms with van der Waals surface area (Å²) in [6.45, 7) is 0. The fourth-order valence-electron chi connectivity index (χ4n) is 8.66. The van der Waals surface area contributed by atoms with Crippen molar-refractivity contribution in [2.24, 2.45) is 0 Å². The molecule has 0 saturated heterocycles. The summed E-state index contributed by atoms with van der Waals surface area (Å²) in [5, 5.41) is 0. The van der Waals surface area contributed by atoms with E-state index in [-0.39, 0.29) is 0 Å². The Morgan fingerprint density at radius 2 is 0.371 bits per heavy atom. The Kier molecular flexibility index (Phi) is 16.1. The van der Waals surface area contributed by atoms with E-state index >= 15 is 0 Å². The van der Waals surface area contributed by atoms with E-state index in [1.807, 2.05) is 98.4 Å². The third-order valence-corrected chi connectivity index (χ3v) is 37.6. The molecular formula is C60H51BiO6S3. The van der Waals surface area contributed by atoms with Crippen LogP contribution in [0.4, 0.5) is 0 Å². The second kappa shape index (κ2) is 23.1. The first-order chi connectivity index (χ1) is 34.5. The van der Waals surface area contributed by atoms with Crippen LogP contribution in [0.25, 0.3) is 66.8 Å². The summed E-state index contributed by atoms with van der Waals surface area (Å²) < 4.78 is 36.7. The van der Waals surface area contributed by atoms with Gasteiger partial charge in [-0.2, -0.15) is 0 Å². The molecule has 0 radical (unpaired) electrons. The number of hydrogen-bond donors (Lipinski definition) is 0. The van der Waals surface area contributed by atoms with Gasteiger partial charge in [-0.15, -0.1) is 0 Å². The quantitative estimate of drug-likeness (QED) is 0.0782. The first kappa shape index (κ1) is 48.7. The van der Waals surface area contributed by atoms with Crippen LogP contribution in [0.1, 0.15) is 0 Å². The molecule has 0 bridgehead atoms. The standard InChI is InChI=1S/3C20H18O2S.Bi/c3*1-21-18-12-5-3-8-14(18)16-10-7-11-17(20(16)23)15-9-4-6-13-19(15)22-2;/h3*3-13,23H,1-2H3;/q;;;+3/p-3. The van der Waals surface area contributed by atoms with Gasteiger partial charge < -0.3 is 0 Å². The third-order valence-electron chi connectivity index (χ3n) is 11.9. The molecule has 0 aliphatic carbocycles. The van der Waals surface area contributed by atoms with Crippen molar-refractivity contribution < 1.29 is 28.4 Å². The molecule has 6 nitrogen and oxygen atoms in total. The topological polar surface area (TPSA) is 55.4 Å². The summed E-state index contributed by atoms with van der Waals surface area (Å²) in [5.41, 5.74) is 12.6. The van der Waals surface area contributed by atoms with Gasteiger partial charge in [-0.25, -0.2) is 0 Å². The predicted octanol–water partition coefficient (Wildman–Crippen LogP) is 16.4. The molecule has 350 valence electrons. The van der Waals surface area contributed by atoms with Gasteiger partial charge in [0.2, 0.25) is 0 Å². The molecule has 70 heavy (non-hydrogen) atoms. The van der Waals surface area contributed by atoms with Crippen molar-refractivity contribution >= 4 is 42.9 Å². The van der Waals surface area contributed by atoms with Crippen LogP contribution in [-0.2, 0) is 0 Å². The molecule has 0 fully saturated rings. The van der Waals surface area contributed by atoms with E-state index in [1.54, 1.807) is 42.7 Å². The molecule has 0 N–H and O–H groups in total. The van der Waals surface area contributed by atoms with E-state index in [0.717, 1.165) is 116 Å². The van der Waals surface area contributed by atoms with Crippen LogP contribution in [-0.4, -0.2) is 60.0 Å². The SMILES string of the molecule is COc1ccccc1-c1cccc(-c2ccccc2OC)c1[S][Bi]([S]c1c(-c2ccccc2OC)cccc1-c1ccccc1OC)[S]c1c(-c2ccccc2OC)cccc1-c1ccccc1OC. The van der Waals surface area contributed by atoms with Crippen molar-refractivity contribution in [1.29, 1.82) is 0 Å². The molecule has 0 aliphatic rings. The van der Waals surface area contributed by atoms with Crippen LogP contribution >= 0.6 is 25.6 Å². The summed E-state index contributed by atoms with van der Waals surface area (Å²) in [7, 11) is 16.5. The van der Waals surface area contributed by atoms with E-state index in [1.165, 1.54) is 0 Å². The van der Waals surface area contributed by atoms with E-state index in [4.69, 9.17) is 28.4 Å². The first-order valence-electron chi connectivity index (χ1n) is 22.5. The summed E-state index contributed by atoms with van der Waals surface area (Å²) in [5.74, 6) is 4.79. The first-order valence-corrected chi connectivity index (χ1v) is 37.6. The Hall–Kier alpha value is -6.29. The average molecular weight is 1170 g/mol. The van der Waals surface area contributed by atoms with Crippen molar-refractivity contribution in [3.8, 4) is 101 Å². The molecular weight excluding hydrogens is 1120 g/mol. The molecule has 0 amide bonds. The fraction of sp³-hybridized carbons (Fsp3) is 0.100. The van der Waals surface area contributed by atoms with Crippen molar-refractivity contribution in [2.75, 3.05) is 42.7 Å². The van der Waals surface area contributed by atoms with Gasteiger partial charge >= 0.3 is 430 Å². The molecule has 0 atom stereocenters.